The van der Waals surface area contributed by atoms with Crippen molar-refractivity contribution in [3.8, 4) is 0 Å². The molecule has 2 N–H and O–H groups in total. The number of anilines is 1. The van der Waals surface area contributed by atoms with Gasteiger partial charge in [-0.1, -0.05) is 31.5 Å². The average Bonchev–Trinajstić information content (AvgIpc) is 2.33. The highest BCUT2D eigenvalue weighted by molar-refractivity contribution is 5.52. The van der Waals surface area contributed by atoms with Crippen LogP contribution in [0.1, 0.15) is 31.7 Å². The Hall–Kier alpha value is -1.02. The summed E-state index contributed by atoms with van der Waals surface area (Å²) in [6.07, 6.45) is 4.95. The highest BCUT2D eigenvalue weighted by Gasteiger charge is 2.13. The van der Waals surface area contributed by atoms with Crippen LogP contribution in [0.2, 0.25) is 0 Å². The SMILES string of the molecule is CCCc1ccccc1NC1CCCNC1. The molecule has 1 aromatic carbocycles. The van der Waals surface area contributed by atoms with Crippen LogP contribution in [0.15, 0.2) is 24.3 Å². The summed E-state index contributed by atoms with van der Waals surface area (Å²) in [5.41, 5.74) is 2.79. The van der Waals surface area contributed by atoms with Gasteiger partial charge in [-0.25, -0.2) is 0 Å². The van der Waals surface area contributed by atoms with E-state index < -0.39 is 0 Å². The van der Waals surface area contributed by atoms with Crippen LogP contribution >= 0.6 is 0 Å². The predicted octanol–water partition coefficient (Wildman–Crippen LogP) is 2.80. The van der Waals surface area contributed by atoms with Crippen LogP contribution in [-0.2, 0) is 6.42 Å². The molecule has 0 bridgehead atoms. The highest BCUT2D eigenvalue weighted by atomic mass is 15.0. The number of nitrogens with one attached hydrogen (secondary N) is 2. The quantitative estimate of drug-likeness (QED) is 0.812. The second kappa shape index (κ2) is 5.90. The third kappa shape index (κ3) is 2.99. The molecule has 1 heterocycles. The molecule has 2 rings (SSSR count). The van der Waals surface area contributed by atoms with Gasteiger partial charge in [0, 0.05) is 18.3 Å². The van der Waals surface area contributed by atoms with E-state index in [1.807, 2.05) is 0 Å². The lowest BCUT2D eigenvalue weighted by molar-refractivity contribution is 0.479. The third-order valence-electron chi connectivity index (χ3n) is 3.19. The molecule has 16 heavy (non-hydrogen) atoms. The first-order chi connectivity index (χ1) is 7.90. The fourth-order valence-electron chi connectivity index (χ4n) is 2.34. The van der Waals surface area contributed by atoms with E-state index >= 15 is 0 Å². The number of hydrogen-bond donors (Lipinski definition) is 2. The van der Waals surface area contributed by atoms with Crippen LogP contribution in [0.25, 0.3) is 0 Å². The second-order valence-corrected chi connectivity index (χ2v) is 4.59. The van der Waals surface area contributed by atoms with E-state index in [-0.39, 0.29) is 0 Å². The molecule has 0 saturated carbocycles. The lowest BCUT2D eigenvalue weighted by Gasteiger charge is -2.26. The molecule has 1 aromatic rings. The maximum Gasteiger partial charge on any atom is 0.0386 e. The van der Waals surface area contributed by atoms with Crippen molar-refractivity contribution >= 4 is 5.69 Å². The fourth-order valence-corrected chi connectivity index (χ4v) is 2.34. The smallest absolute Gasteiger partial charge is 0.0386 e. The Balaban J connectivity index is 2.01. The molecule has 1 atom stereocenters. The lowest BCUT2D eigenvalue weighted by atomic mass is 10.0. The fraction of sp³-hybridized carbons (Fsp3) is 0.571. The summed E-state index contributed by atoms with van der Waals surface area (Å²) in [5.74, 6) is 0. The van der Waals surface area contributed by atoms with Crippen molar-refractivity contribution < 1.29 is 0 Å². The number of para-hydroxylation sites is 1. The summed E-state index contributed by atoms with van der Waals surface area (Å²) in [7, 11) is 0. The molecular weight excluding hydrogens is 196 g/mol. The zero-order valence-corrected chi connectivity index (χ0v) is 10.1. The number of rotatable bonds is 4. The van der Waals surface area contributed by atoms with Gasteiger partial charge in [-0.05, 0) is 37.4 Å². The van der Waals surface area contributed by atoms with Crippen molar-refractivity contribution in [1.82, 2.24) is 5.32 Å². The van der Waals surface area contributed by atoms with E-state index in [1.54, 1.807) is 0 Å². The maximum atomic E-state index is 3.67. The Morgan fingerprint density at radius 1 is 1.38 bits per heavy atom. The molecule has 88 valence electrons. The van der Waals surface area contributed by atoms with Crippen LogP contribution in [0, 0.1) is 0 Å². The molecule has 0 spiro atoms. The minimum absolute atomic E-state index is 0.603. The van der Waals surface area contributed by atoms with Crippen LogP contribution in [0.5, 0.6) is 0 Å². The van der Waals surface area contributed by atoms with Gasteiger partial charge in [0.1, 0.15) is 0 Å². The van der Waals surface area contributed by atoms with Crippen LogP contribution in [-0.4, -0.2) is 19.1 Å². The van der Waals surface area contributed by atoms with E-state index in [1.165, 1.54) is 43.5 Å². The molecule has 0 aliphatic carbocycles. The first-order valence-electron chi connectivity index (χ1n) is 6.45. The van der Waals surface area contributed by atoms with Gasteiger partial charge in [0.05, 0.1) is 0 Å². The Morgan fingerprint density at radius 3 is 3.00 bits per heavy atom. The summed E-state index contributed by atoms with van der Waals surface area (Å²) >= 11 is 0. The van der Waals surface area contributed by atoms with E-state index in [0.29, 0.717) is 6.04 Å². The van der Waals surface area contributed by atoms with Gasteiger partial charge in [-0.15, -0.1) is 0 Å². The van der Waals surface area contributed by atoms with Crippen molar-refractivity contribution in [3.05, 3.63) is 29.8 Å². The average molecular weight is 218 g/mol. The number of benzene rings is 1. The normalized spacial score (nSPS) is 20.7. The molecule has 0 aromatic heterocycles. The van der Waals surface area contributed by atoms with Gasteiger partial charge >= 0.3 is 0 Å². The standard InChI is InChI=1S/C14H22N2/c1-2-6-12-7-3-4-9-14(12)16-13-8-5-10-15-11-13/h3-4,7,9,13,15-16H,2,5-6,8,10-11H2,1H3. The molecule has 1 aliphatic rings. The number of piperidine rings is 1. The largest absolute Gasteiger partial charge is 0.381 e. The molecule has 1 aliphatic heterocycles. The van der Waals surface area contributed by atoms with Crippen molar-refractivity contribution in [3.63, 3.8) is 0 Å². The summed E-state index contributed by atoms with van der Waals surface area (Å²) in [6.45, 7) is 4.51. The van der Waals surface area contributed by atoms with Gasteiger partial charge in [0.2, 0.25) is 0 Å². The van der Waals surface area contributed by atoms with Crippen LogP contribution in [0.4, 0.5) is 5.69 Å². The van der Waals surface area contributed by atoms with E-state index in [9.17, 15) is 0 Å². The Morgan fingerprint density at radius 2 is 2.25 bits per heavy atom. The van der Waals surface area contributed by atoms with Crippen LogP contribution < -0.4 is 10.6 Å². The van der Waals surface area contributed by atoms with E-state index in [4.69, 9.17) is 0 Å². The number of aryl methyl sites for hydroxylation is 1. The molecule has 1 fully saturated rings. The summed E-state index contributed by atoms with van der Waals surface area (Å²) < 4.78 is 0. The van der Waals surface area contributed by atoms with Crippen molar-refractivity contribution in [2.45, 2.75) is 38.6 Å². The predicted molar refractivity (Wildman–Crippen MR) is 70.0 cm³/mol. The lowest BCUT2D eigenvalue weighted by Crippen LogP contribution is -2.38. The first-order valence-corrected chi connectivity index (χ1v) is 6.45. The third-order valence-corrected chi connectivity index (χ3v) is 3.19. The van der Waals surface area contributed by atoms with Crippen molar-refractivity contribution in [2.75, 3.05) is 18.4 Å². The van der Waals surface area contributed by atoms with Crippen molar-refractivity contribution in [2.24, 2.45) is 0 Å². The molecule has 2 nitrogen and oxygen atoms in total. The molecule has 0 radical (unpaired) electrons. The molecular formula is C14H22N2. The van der Waals surface area contributed by atoms with Crippen molar-refractivity contribution in [1.29, 1.82) is 0 Å². The molecule has 1 unspecified atom stereocenters. The number of hydrogen-bond acceptors (Lipinski definition) is 2. The van der Waals surface area contributed by atoms with Gasteiger partial charge < -0.3 is 10.6 Å². The minimum Gasteiger partial charge on any atom is -0.381 e. The van der Waals surface area contributed by atoms with Crippen LogP contribution in [0.3, 0.4) is 0 Å². The minimum atomic E-state index is 0.603. The Bertz CT molecular complexity index is 316. The second-order valence-electron chi connectivity index (χ2n) is 4.59. The monoisotopic (exact) mass is 218 g/mol. The summed E-state index contributed by atoms with van der Waals surface area (Å²) in [5, 5.41) is 7.12. The molecule has 0 amide bonds. The Labute approximate surface area is 98.4 Å². The zero-order valence-electron chi connectivity index (χ0n) is 10.1. The van der Waals surface area contributed by atoms with E-state index in [0.717, 1.165) is 6.54 Å². The van der Waals surface area contributed by atoms with Gasteiger partial charge in [0.25, 0.3) is 0 Å². The first kappa shape index (κ1) is 11.5. The molecule has 1 saturated heterocycles. The van der Waals surface area contributed by atoms with Gasteiger partial charge in [0.15, 0.2) is 0 Å². The summed E-state index contributed by atoms with van der Waals surface area (Å²) in [6, 6.07) is 9.31. The van der Waals surface area contributed by atoms with Gasteiger partial charge in [-0.3, -0.25) is 0 Å². The highest BCUT2D eigenvalue weighted by Crippen LogP contribution is 2.19. The summed E-state index contributed by atoms with van der Waals surface area (Å²) in [4.78, 5) is 0. The topological polar surface area (TPSA) is 24.1 Å². The zero-order chi connectivity index (χ0) is 11.2. The van der Waals surface area contributed by atoms with E-state index in [2.05, 4.69) is 41.8 Å². The van der Waals surface area contributed by atoms with Gasteiger partial charge in [-0.2, -0.15) is 0 Å². The molecule has 2 heteroatoms. The Kier molecular flexibility index (Phi) is 4.23. The maximum absolute atomic E-state index is 3.67.